The number of hydrogen-bond acceptors (Lipinski definition) is 2. The summed E-state index contributed by atoms with van der Waals surface area (Å²) in [6.45, 7) is 2.16. The van der Waals surface area contributed by atoms with Gasteiger partial charge in [-0.05, 0) is 43.4 Å². The van der Waals surface area contributed by atoms with Crippen LogP contribution in [0.25, 0.3) is 0 Å². The third-order valence-corrected chi connectivity index (χ3v) is 3.92. The summed E-state index contributed by atoms with van der Waals surface area (Å²) in [6.07, 6.45) is 5.18. The van der Waals surface area contributed by atoms with Crippen LogP contribution in [0.2, 0.25) is 0 Å². The summed E-state index contributed by atoms with van der Waals surface area (Å²) in [6, 6.07) is 8.18. The number of rotatable bonds is 3. The van der Waals surface area contributed by atoms with E-state index in [2.05, 4.69) is 19.1 Å². The van der Waals surface area contributed by atoms with Crippen LogP contribution in [-0.4, -0.2) is 7.11 Å². The monoisotopic (exact) mass is 219 g/mol. The van der Waals surface area contributed by atoms with Crippen molar-refractivity contribution in [3.05, 3.63) is 29.8 Å². The van der Waals surface area contributed by atoms with Gasteiger partial charge in [0.25, 0.3) is 0 Å². The summed E-state index contributed by atoms with van der Waals surface area (Å²) in [5.41, 5.74) is 7.52. The second kappa shape index (κ2) is 4.46. The van der Waals surface area contributed by atoms with E-state index >= 15 is 0 Å². The van der Waals surface area contributed by atoms with Crippen LogP contribution in [0.4, 0.5) is 0 Å². The summed E-state index contributed by atoms with van der Waals surface area (Å²) in [4.78, 5) is 0. The Morgan fingerprint density at radius 3 is 2.25 bits per heavy atom. The molecular weight excluding hydrogens is 198 g/mol. The first-order valence-corrected chi connectivity index (χ1v) is 6.08. The number of methoxy groups -OCH3 is 1. The standard InChI is InChI=1S/C14H21NO/c1-14(15,11-5-3-4-6-11)12-7-9-13(16-2)10-8-12/h7-11H,3-6,15H2,1-2H3. The molecule has 88 valence electrons. The van der Waals surface area contributed by atoms with Crippen LogP contribution in [-0.2, 0) is 5.54 Å². The van der Waals surface area contributed by atoms with Crippen molar-refractivity contribution < 1.29 is 4.74 Å². The van der Waals surface area contributed by atoms with Gasteiger partial charge in [0.2, 0.25) is 0 Å². The summed E-state index contributed by atoms with van der Waals surface area (Å²) in [5, 5.41) is 0. The van der Waals surface area contributed by atoms with Gasteiger partial charge in [0.1, 0.15) is 5.75 Å². The molecule has 0 heterocycles. The molecule has 0 radical (unpaired) electrons. The predicted octanol–water partition coefficient (Wildman–Crippen LogP) is 3.06. The highest BCUT2D eigenvalue weighted by atomic mass is 16.5. The van der Waals surface area contributed by atoms with Crippen LogP contribution < -0.4 is 10.5 Å². The lowest BCUT2D eigenvalue weighted by Crippen LogP contribution is -2.39. The Balaban J connectivity index is 2.20. The first kappa shape index (κ1) is 11.5. The van der Waals surface area contributed by atoms with Crippen molar-refractivity contribution in [2.45, 2.75) is 38.1 Å². The largest absolute Gasteiger partial charge is 0.497 e. The van der Waals surface area contributed by atoms with Crippen molar-refractivity contribution in [1.82, 2.24) is 0 Å². The number of benzene rings is 1. The zero-order valence-corrected chi connectivity index (χ0v) is 10.2. The minimum Gasteiger partial charge on any atom is -0.497 e. The van der Waals surface area contributed by atoms with Gasteiger partial charge in [-0.15, -0.1) is 0 Å². The smallest absolute Gasteiger partial charge is 0.118 e. The fourth-order valence-corrected chi connectivity index (χ4v) is 2.71. The van der Waals surface area contributed by atoms with Gasteiger partial charge in [-0.3, -0.25) is 0 Å². The van der Waals surface area contributed by atoms with E-state index in [4.69, 9.17) is 10.5 Å². The van der Waals surface area contributed by atoms with Crippen molar-refractivity contribution in [2.24, 2.45) is 11.7 Å². The zero-order chi connectivity index (χ0) is 11.6. The van der Waals surface area contributed by atoms with Crippen molar-refractivity contribution in [2.75, 3.05) is 7.11 Å². The molecule has 1 saturated carbocycles. The molecule has 0 aromatic heterocycles. The van der Waals surface area contributed by atoms with Crippen molar-refractivity contribution in [3.8, 4) is 5.75 Å². The minimum absolute atomic E-state index is 0.192. The van der Waals surface area contributed by atoms with Crippen LogP contribution >= 0.6 is 0 Å². The third kappa shape index (κ3) is 2.07. The molecule has 2 N–H and O–H groups in total. The van der Waals surface area contributed by atoms with Gasteiger partial charge in [0.15, 0.2) is 0 Å². The van der Waals surface area contributed by atoms with Crippen LogP contribution in [0.3, 0.4) is 0 Å². The molecule has 1 atom stereocenters. The third-order valence-electron chi connectivity index (χ3n) is 3.92. The highest BCUT2D eigenvalue weighted by Crippen LogP contribution is 2.38. The van der Waals surface area contributed by atoms with Gasteiger partial charge in [-0.1, -0.05) is 25.0 Å². The average Bonchev–Trinajstić information content (AvgIpc) is 2.83. The van der Waals surface area contributed by atoms with Crippen LogP contribution in [0, 0.1) is 5.92 Å². The Bertz CT molecular complexity index is 336. The lowest BCUT2D eigenvalue weighted by Gasteiger charge is -2.32. The summed E-state index contributed by atoms with van der Waals surface area (Å²) >= 11 is 0. The maximum Gasteiger partial charge on any atom is 0.118 e. The van der Waals surface area contributed by atoms with Gasteiger partial charge >= 0.3 is 0 Å². The van der Waals surface area contributed by atoms with E-state index < -0.39 is 0 Å². The Labute approximate surface area is 97.8 Å². The van der Waals surface area contributed by atoms with Gasteiger partial charge in [-0.2, -0.15) is 0 Å². The molecule has 1 aromatic carbocycles. The second-order valence-corrected chi connectivity index (χ2v) is 4.99. The van der Waals surface area contributed by atoms with Gasteiger partial charge in [-0.25, -0.2) is 0 Å². The summed E-state index contributed by atoms with van der Waals surface area (Å²) < 4.78 is 5.17. The van der Waals surface area contributed by atoms with E-state index in [1.54, 1.807) is 7.11 Å². The van der Waals surface area contributed by atoms with Gasteiger partial charge in [0.05, 0.1) is 7.11 Å². The van der Waals surface area contributed by atoms with Gasteiger partial charge < -0.3 is 10.5 Å². The Hall–Kier alpha value is -1.02. The van der Waals surface area contributed by atoms with E-state index in [1.165, 1.54) is 31.2 Å². The van der Waals surface area contributed by atoms with E-state index in [-0.39, 0.29) is 5.54 Å². The molecule has 1 fully saturated rings. The average molecular weight is 219 g/mol. The molecule has 2 heteroatoms. The molecule has 1 unspecified atom stereocenters. The van der Waals surface area contributed by atoms with Crippen molar-refractivity contribution in [3.63, 3.8) is 0 Å². The molecule has 1 aliphatic rings. The Morgan fingerprint density at radius 2 is 1.75 bits per heavy atom. The normalized spacial score (nSPS) is 20.7. The summed E-state index contributed by atoms with van der Waals surface area (Å²) in [5.74, 6) is 1.52. The lowest BCUT2D eigenvalue weighted by molar-refractivity contribution is 0.306. The maximum absolute atomic E-state index is 6.49. The highest BCUT2D eigenvalue weighted by Gasteiger charge is 2.33. The molecule has 2 nitrogen and oxygen atoms in total. The predicted molar refractivity (Wildman–Crippen MR) is 66.5 cm³/mol. The van der Waals surface area contributed by atoms with E-state index in [1.807, 2.05) is 12.1 Å². The quantitative estimate of drug-likeness (QED) is 0.848. The number of hydrogen-bond donors (Lipinski definition) is 1. The SMILES string of the molecule is COc1ccc(C(C)(N)C2CCCC2)cc1. The van der Waals surface area contributed by atoms with Crippen molar-refractivity contribution in [1.29, 1.82) is 0 Å². The molecule has 1 aromatic rings. The molecule has 0 saturated heterocycles. The second-order valence-electron chi connectivity index (χ2n) is 4.99. The molecule has 0 amide bonds. The van der Waals surface area contributed by atoms with Crippen molar-refractivity contribution >= 4 is 0 Å². The molecule has 0 bridgehead atoms. The van der Waals surface area contributed by atoms with E-state index in [0.717, 1.165) is 5.75 Å². The fourth-order valence-electron chi connectivity index (χ4n) is 2.71. The zero-order valence-electron chi connectivity index (χ0n) is 10.2. The summed E-state index contributed by atoms with van der Waals surface area (Å²) in [7, 11) is 1.69. The topological polar surface area (TPSA) is 35.2 Å². The number of nitrogens with two attached hydrogens (primary N) is 1. The van der Waals surface area contributed by atoms with E-state index in [0.29, 0.717) is 5.92 Å². The van der Waals surface area contributed by atoms with Crippen LogP contribution in [0.5, 0.6) is 5.75 Å². The Morgan fingerprint density at radius 1 is 1.19 bits per heavy atom. The van der Waals surface area contributed by atoms with Crippen LogP contribution in [0.15, 0.2) is 24.3 Å². The molecule has 0 spiro atoms. The van der Waals surface area contributed by atoms with Gasteiger partial charge in [0, 0.05) is 5.54 Å². The molecule has 16 heavy (non-hydrogen) atoms. The molecule has 0 aliphatic heterocycles. The fraction of sp³-hybridized carbons (Fsp3) is 0.571. The first-order valence-electron chi connectivity index (χ1n) is 6.08. The Kier molecular flexibility index (Phi) is 3.20. The number of ether oxygens (including phenoxy) is 1. The molecular formula is C14H21NO. The maximum atomic E-state index is 6.49. The van der Waals surface area contributed by atoms with Crippen LogP contribution in [0.1, 0.15) is 38.2 Å². The first-order chi connectivity index (χ1) is 7.64. The lowest BCUT2D eigenvalue weighted by atomic mass is 9.79. The highest BCUT2D eigenvalue weighted by molar-refractivity contribution is 5.32. The minimum atomic E-state index is -0.192. The molecule has 1 aliphatic carbocycles. The molecule has 2 rings (SSSR count). The van der Waals surface area contributed by atoms with E-state index in [9.17, 15) is 0 Å².